The van der Waals surface area contributed by atoms with Crippen LogP contribution in [0.1, 0.15) is 167 Å². The van der Waals surface area contributed by atoms with E-state index in [1.807, 2.05) is 26.0 Å². The van der Waals surface area contributed by atoms with Gasteiger partial charge in [-0.3, -0.25) is 19.2 Å². The number of aliphatic hydroxyl groups excluding tert-OH is 2. The minimum atomic E-state index is -1.56. The van der Waals surface area contributed by atoms with Crippen LogP contribution in [-0.4, -0.2) is 99.3 Å². The maximum absolute atomic E-state index is 12.5. The molecule has 0 amide bonds. The van der Waals surface area contributed by atoms with Gasteiger partial charge in [-0.15, -0.1) is 0 Å². The van der Waals surface area contributed by atoms with E-state index < -0.39 is 81.2 Å². The van der Waals surface area contributed by atoms with Crippen LogP contribution in [0, 0.1) is 69.0 Å². The Morgan fingerprint density at radius 3 is 1.23 bits per heavy atom. The Bertz CT molecular complexity index is 2530. The third-order valence-electron chi connectivity index (χ3n) is 17.3. The summed E-state index contributed by atoms with van der Waals surface area (Å²) in [5.74, 6) is 7.52. The summed E-state index contributed by atoms with van der Waals surface area (Å²) in [6.45, 7) is 17.1. The average Bonchev–Trinajstić information content (AvgIpc) is 3.77. The zero-order valence-corrected chi connectivity index (χ0v) is 45.1. The minimum Gasteiger partial charge on any atom is -0.459 e. The molecule has 8 rings (SSSR count). The van der Waals surface area contributed by atoms with Crippen molar-refractivity contribution in [1.82, 2.24) is 0 Å². The van der Waals surface area contributed by atoms with Gasteiger partial charge in [0.1, 0.15) is 34.9 Å². The fourth-order valence-corrected chi connectivity index (χ4v) is 13.3. The number of methoxy groups -OCH3 is 2. The van der Waals surface area contributed by atoms with Crippen molar-refractivity contribution in [3.63, 3.8) is 0 Å². The number of ether oxygens (including phenoxy) is 6. The number of carbonyl (C=O) groups is 6. The van der Waals surface area contributed by atoms with Gasteiger partial charge in [-0.25, -0.2) is 9.59 Å². The lowest BCUT2D eigenvalue weighted by Crippen LogP contribution is -2.58. The van der Waals surface area contributed by atoms with Crippen LogP contribution in [0.3, 0.4) is 0 Å². The summed E-state index contributed by atoms with van der Waals surface area (Å²) in [5, 5.41) is 46.0. The first-order valence-electron chi connectivity index (χ1n) is 25.5. The highest BCUT2D eigenvalue weighted by Crippen LogP contribution is 2.67. The predicted molar refractivity (Wildman–Crippen MR) is 270 cm³/mol. The fraction of sp³-hybridized carbons (Fsp3) is 0.621. The largest absolute Gasteiger partial charge is 0.459 e. The SMILES string of the molecule is COC(=O)C#C[C@]1(O)CC[C@H]2[C@@H]3C[C@@H](OC(C)=O)c4cc(OC(=O)C(C)(C)C)ccc4[C@H]3C[C@@H](O)[C@@]21C.COC(=O)C#C[C@]1(O)CC[C@H]2[C@@H]3C[C@@H](OC(C)=O)c4cc(OC(=O)C(C)(C)C)ccc4[C@H]3C[C@@H](O)[C@@]21C.O. The molecule has 408 valence electrons. The molecule has 6 aliphatic carbocycles. The molecule has 0 aliphatic heterocycles. The molecule has 0 aromatic heterocycles. The molecule has 4 saturated carbocycles. The number of aliphatic hydroxyl groups is 4. The second-order valence-corrected chi connectivity index (χ2v) is 23.6. The Morgan fingerprint density at radius 1 is 0.573 bits per heavy atom. The van der Waals surface area contributed by atoms with Crippen molar-refractivity contribution in [2.24, 2.45) is 45.3 Å². The van der Waals surface area contributed by atoms with E-state index in [9.17, 15) is 49.2 Å². The standard InChI is InChI=1S/2C29H36O8.H2O/c2*1-16(30)36-23-14-20-19(18-8-7-17(13-21(18)23)37-26(33)27(2,3)4)15-24(31)28(5)22(20)9-11-29(28,34)12-10-25(32)35-6;/h2*7-8,13,19-20,22-24,31,34H,9,11,14-15H2,1-6H3;1H2/t2*19-,20-,22+,23-,24-,28-,29-;/m11./s1. The summed E-state index contributed by atoms with van der Waals surface area (Å²) in [7, 11) is 2.45. The third kappa shape index (κ3) is 10.8. The van der Waals surface area contributed by atoms with Crippen molar-refractivity contribution in [1.29, 1.82) is 0 Å². The van der Waals surface area contributed by atoms with Crippen LogP contribution in [-0.2, 0) is 47.7 Å². The zero-order valence-electron chi connectivity index (χ0n) is 45.1. The van der Waals surface area contributed by atoms with E-state index in [4.69, 9.17) is 18.9 Å². The van der Waals surface area contributed by atoms with Crippen LogP contribution in [0.2, 0.25) is 0 Å². The van der Waals surface area contributed by atoms with Crippen LogP contribution < -0.4 is 9.47 Å². The lowest BCUT2D eigenvalue weighted by atomic mass is 9.52. The molecule has 4 fully saturated rings. The number of hydrogen-bond acceptors (Lipinski definition) is 16. The Hall–Kier alpha value is -5.82. The van der Waals surface area contributed by atoms with E-state index in [-0.39, 0.29) is 52.9 Å². The van der Waals surface area contributed by atoms with Gasteiger partial charge >= 0.3 is 35.8 Å². The van der Waals surface area contributed by atoms with Gasteiger partial charge in [0, 0.05) is 36.5 Å². The molecule has 17 heteroatoms. The molecular weight excluding hydrogens is 969 g/mol. The number of fused-ring (bicyclic) bond motifs is 10. The molecule has 0 bridgehead atoms. The molecule has 0 unspecified atom stereocenters. The van der Waals surface area contributed by atoms with Gasteiger partial charge in [0.2, 0.25) is 0 Å². The molecule has 14 atom stereocenters. The van der Waals surface area contributed by atoms with E-state index in [2.05, 4.69) is 33.2 Å². The normalized spacial score (nSPS) is 33.7. The predicted octanol–water partition coefficient (Wildman–Crippen LogP) is 6.04. The van der Waals surface area contributed by atoms with Gasteiger partial charge in [0.15, 0.2) is 0 Å². The van der Waals surface area contributed by atoms with Gasteiger partial charge in [0.25, 0.3) is 0 Å². The number of benzene rings is 2. The molecule has 0 saturated heterocycles. The van der Waals surface area contributed by atoms with Gasteiger partial charge < -0.3 is 54.3 Å². The quantitative estimate of drug-likeness (QED) is 0.0893. The number of carbonyl (C=O) groups excluding carboxylic acids is 6. The third-order valence-corrected chi connectivity index (χ3v) is 17.3. The van der Waals surface area contributed by atoms with E-state index >= 15 is 0 Å². The molecule has 75 heavy (non-hydrogen) atoms. The molecule has 6 aliphatic rings. The van der Waals surface area contributed by atoms with Crippen LogP contribution >= 0.6 is 0 Å². The van der Waals surface area contributed by atoms with Crippen molar-refractivity contribution in [3.8, 4) is 35.2 Å². The van der Waals surface area contributed by atoms with Crippen molar-refractivity contribution < 1.29 is 83.1 Å². The van der Waals surface area contributed by atoms with Crippen molar-refractivity contribution >= 4 is 35.8 Å². The fourth-order valence-electron chi connectivity index (χ4n) is 13.3. The molecule has 2 aromatic carbocycles. The number of hydrogen-bond donors (Lipinski definition) is 4. The Balaban J connectivity index is 0.000000241. The molecule has 17 nitrogen and oxygen atoms in total. The van der Waals surface area contributed by atoms with Crippen molar-refractivity contribution in [2.75, 3.05) is 14.2 Å². The van der Waals surface area contributed by atoms with Crippen LogP contribution in [0.4, 0.5) is 0 Å². The first-order chi connectivity index (χ1) is 34.4. The maximum Gasteiger partial charge on any atom is 0.384 e. The summed E-state index contributed by atoms with van der Waals surface area (Å²) in [4.78, 5) is 72.4. The lowest BCUT2D eigenvalue weighted by molar-refractivity contribution is -0.159. The Labute approximate surface area is 439 Å². The monoisotopic (exact) mass is 1040 g/mol. The van der Waals surface area contributed by atoms with Gasteiger partial charge in [0.05, 0.1) is 37.3 Å². The van der Waals surface area contributed by atoms with Crippen molar-refractivity contribution in [3.05, 3.63) is 58.7 Å². The highest BCUT2D eigenvalue weighted by Gasteiger charge is 2.67. The Kier molecular flexibility index (Phi) is 16.6. The summed E-state index contributed by atoms with van der Waals surface area (Å²) < 4.78 is 32.0. The van der Waals surface area contributed by atoms with Crippen LogP contribution in [0.25, 0.3) is 0 Å². The molecule has 0 heterocycles. The second-order valence-electron chi connectivity index (χ2n) is 23.6. The van der Waals surface area contributed by atoms with Crippen LogP contribution in [0.15, 0.2) is 36.4 Å². The summed E-state index contributed by atoms with van der Waals surface area (Å²) in [6.07, 6.45) is 0.702. The first kappa shape index (κ1) is 58.4. The van der Waals surface area contributed by atoms with Gasteiger partial charge in [-0.05, 0) is 175 Å². The molecule has 0 radical (unpaired) electrons. The molecule has 2 aromatic rings. The zero-order chi connectivity index (χ0) is 54.7. The topological polar surface area (TPSA) is 270 Å². The van der Waals surface area contributed by atoms with E-state index in [0.29, 0.717) is 62.9 Å². The van der Waals surface area contributed by atoms with Crippen molar-refractivity contribution in [2.45, 2.75) is 168 Å². The first-order valence-corrected chi connectivity index (χ1v) is 25.5. The van der Waals surface area contributed by atoms with Crippen LogP contribution in [0.5, 0.6) is 11.5 Å². The molecule has 6 N–H and O–H groups in total. The van der Waals surface area contributed by atoms with E-state index in [1.54, 1.807) is 65.8 Å². The molecular formula is C58H74O17. The summed E-state index contributed by atoms with van der Waals surface area (Å²) in [6, 6.07) is 10.8. The Morgan fingerprint density at radius 2 is 0.920 bits per heavy atom. The maximum atomic E-state index is 12.5. The highest BCUT2D eigenvalue weighted by molar-refractivity contribution is 5.89. The second kappa shape index (κ2) is 21.3. The highest BCUT2D eigenvalue weighted by atomic mass is 16.6. The summed E-state index contributed by atoms with van der Waals surface area (Å²) in [5.41, 5.74) is -3.00. The lowest BCUT2D eigenvalue weighted by Gasteiger charge is -2.55. The molecule has 0 spiro atoms. The average molecular weight is 1040 g/mol. The van der Waals surface area contributed by atoms with Gasteiger partial charge in [-0.1, -0.05) is 37.8 Å². The minimum absolute atomic E-state index is 0. The van der Waals surface area contributed by atoms with Gasteiger partial charge in [-0.2, -0.15) is 0 Å². The smallest absolute Gasteiger partial charge is 0.384 e. The van der Waals surface area contributed by atoms with E-state index in [1.165, 1.54) is 28.1 Å². The summed E-state index contributed by atoms with van der Waals surface area (Å²) >= 11 is 0. The van der Waals surface area contributed by atoms with E-state index in [0.717, 1.165) is 22.3 Å². The number of esters is 6. The number of rotatable bonds is 4.